The molecule has 8 heteroatoms. The number of carbonyl (C=O) groups excluding carboxylic acids is 2. The highest BCUT2D eigenvalue weighted by atomic mass is 16.4. The molecule has 0 spiro atoms. The standard InChI is InChI=1S/C16H22N4O4/c21-14(12-18-16(24)17-7-6-15(22)23)20-10-8-19(9-11-20)13-4-2-1-3-5-13/h1-5H,6-12H2,(H,22,23)(H2,17,18,24). The number of hydrogen-bond acceptors (Lipinski definition) is 4. The summed E-state index contributed by atoms with van der Waals surface area (Å²) in [5.41, 5.74) is 1.14. The van der Waals surface area contributed by atoms with E-state index in [1.165, 1.54) is 0 Å². The van der Waals surface area contributed by atoms with Crippen molar-refractivity contribution in [2.45, 2.75) is 6.42 Å². The average molecular weight is 334 g/mol. The van der Waals surface area contributed by atoms with Crippen molar-refractivity contribution in [1.29, 1.82) is 0 Å². The second kappa shape index (κ2) is 8.76. The quantitative estimate of drug-likeness (QED) is 0.685. The van der Waals surface area contributed by atoms with Gasteiger partial charge in [-0.2, -0.15) is 0 Å². The van der Waals surface area contributed by atoms with Crippen molar-refractivity contribution in [3.63, 3.8) is 0 Å². The van der Waals surface area contributed by atoms with Crippen molar-refractivity contribution in [3.8, 4) is 0 Å². The zero-order valence-electron chi connectivity index (χ0n) is 13.4. The first-order valence-electron chi connectivity index (χ1n) is 7.87. The predicted octanol–water partition coefficient (Wildman–Crippen LogP) is 0.109. The number of carboxylic acid groups (broad SMARTS) is 1. The fraction of sp³-hybridized carbons (Fsp3) is 0.438. The number of carbonyl (C=O) groups is 3. The normalized spacial score (nSPS) is 14.2. The number of piperazine rings is 1. The minimum Gasteiger partial charge on any atom is -0.481 e. The van der Waals surface area contributed by atoms with E-state index in [0.29, 0.717) is 13.1 Å². The van der Waals surface area contributed by atoms with Crippen molar-refractivity contribution in [2.24, 2.45) is 0 Å². The molecule has 1 aliphatic rings. The van der Waals surface area contributed by atoms with E-state index in [-0.39, 0.29) is 25.4 Å². The molecular weight excluding hydrogens is 312 g/mol. The van der Waals surface area contributed by atoms with E-state index in [1.54, 1.807) is 4.90 Å². The molecule has 0 saturated carbocycles. The average Bonchev–Trinajstić information content (AvgIpc) is 2.60. The number of para-hydroxylation sites is 1. The largest absolute Gasteiger partial charge is 0.481 e. The first-order valence-corrected chi connectivity index (χ1v) is 7.87. The summed E-state index contributed by atoms with van der Waals surface area (Å²) in [7, 11) is 0. The van der Waals surface area contributed by atoms with Gasteiger partial charge in [0.2, 0.25) is 5.91 Å². The highest BCUT2D eigenvalue weighted by molar-refractivity contribution is 5.84. The number of urea groups is 1. The summed E-state index contributed by atoms with van der Waals surface area (Å²) < 4.78 is 0. The third-order valence-corrected chi connectivity index (χ3v) is 3.78. The van der Waals surface area contributed by atoms with Crippen molar-refractivity contribution < 1.29 is 19.5 Å². The molecule has 1 heterocycles. The molecule has 1 aromatic carbocycles. The van der Waals surface area contributed by atoms with E-state index >= 15 is 0 Å². The summed E-state index contributed by atoms with van der Waals surface area (Å²) in [6.45, 7) is 2.66. The molecule has 2 rings (SSSR count). The maximum absolute atomic E-state index is 12.1. The maximum atomic E-state index is 12.1. The minimum absolute atomic E-state index is 0.0328. The van der Waals surface area contributed by atoms with Gasteiger partial charge in [0.05, 0.1) is 13.0 Å². The number of rotatable bonds is 6. The Morgan fingerprint density at radius 3 is 2.29 bits per heavy atom. The Hall–Kier alpha value is -2.77. The van der Waals surface area contributed by atoms with Gasteiger partial charge in [-0.1, -0.05) is 18.2 Å². The third-order valence-electron chi connectivity index (χ3n) is 3.78. The number of benzene rings is 1. The Morgan fingerprint density at radius 1 is 1.00 bits per heavy atom. The van der Waals surface area contributed by atoms with E-state index in [1.807, 2.05) is 30.3 Å². The SMILES string of the molecule is O=C(O)CCNC(=O)NCC(=O)N1CCN(c2ccccc2)CC1. The molecule has 24 heavy (non-hydrogen) atoms. The van der Waals surface area contributed by atoms with Crippen LogP contribution in [0.15, 0.2) is 30.3 Å². The topological polar surface area (TPSA) is 102 Å². The molecule has 0 aromatic heterocycles. The van der Waals surface area contributed by atoms with Crippen LogP contribution >= 0.6 is 0 Å². The lowest BCUT2D eigenvalue weighted by Crippen LogP contribution is -2.52. The Bertz CT molecular complexity index is 571. The Balaban J connectivity index is 1.67. The molecule has 0 bridgehead atoms. The predicted molar refractivity (Wildman–Crippen MR) is 88.9 cm³/mol. The lowest BCUT2D eigenvalue weighted by atomic mass is 10.2. The number of anilines is 1. The van der Waals surface area contributed by atoms with Gasteiger partial charge in [-0.05, 0) is 12.1 Å². The molecule has 1 aromatic rings. The van der Waals surface area contributed by atoms with E-state index in [4.69, 9.17) is 5.11 Å². The molecule has 130 valence electrons. The van der Waals surface area contributed by atoms with Crippen molar-refractivity contribution in [1.82, 2.24) is 15.5 Å². The van der Waals surface area contributed by atoms with Crippen LogP contribution in [-0.4, -0.2) is 67.2 Å². The molecule has 0 aliphatic carbocycles. The zero-order valence-corrected chi connectivity index (χ0v) is 13.4. The number of amides is 3. The lowest BCUT2D eigenvalue weighted by Gasteiger charge is -2.36. The highest BCUT2D eigenvalue weighted by Gasteiger charge is 2.21. The van der Waals surface area contributed by atoms with Gasteiger partial charge in [0.1, 0.15) is 0 Å². The summed E-state index contributed by atoms with van der Waals surface area (Å²) >= 11 is 0. The van der Waals surface area contributed by atoms with Gasteiger partial charge in [0.15, 0.2) is 0 Å². The van der Waals surface area contributed by atoms with Crippen LogP contribution in [0.1, 0.15) is 6.42 Å². The Kier molecular flexibility index (Phi) is 6.41. The summed E-state index contributed by atoms with van der Waals surface area (Å²) in [6, 6.07) is 9.49. The number of hydrogen-bond donors (Lipinski definition) is 3. The molecule has 1 saturated heterocycles. The first-order chi connectivity index (χ1) is 11.6. The van der Waals surface area contributed by atoms with Crippen LogP contribution in [0.2, 0.25) is 0 Å². The van der Waals surface area contributed by atoms with Crippen LogP contribution in [0.3, 0.4) is 0 Å². The van der Waals surface area contributed by atoms with Gasteiger partial charge < -0.3 is 25.5 Å². The molecule has 3 amide bonds. The van der Waals surface area contributed by atoms with Crippen LogP contribution in [0, 0.1) is 0 Å². The molecule has 3 N–H and O–H groups in total. The molecule has 8 nitrogen and oxygen atoms in total. The van der Waals surface area contributed by atoms with Crippen molar-refractivity contribution in [3.05, 3.63) is 30.3 Å². The van der Waals surface area contributed by atoms with Crippen molar-refractivity contribution in [2.75, 3.05) is 44.2 Å². The van der Waals surface area contributed by atoms with E-state index in [2.05, 4.69) is 15.5 Å². The van der Waals surface area contributed by atoms with Crippen LogP contribution < -0.4 is 15.5 Å². The lowest BCUT2D eigenvalue weighted by molar-refractivity contribution is -0.137. The monoisotopic (exact) mass is 334 g/mol. The minimum atomic E-state index is -0.984. The second-order valence-electron chi connectivity index (χ2n) is 5.46. The van der Waals surface area contributed by atoms with Gasteiger partial charge in [0.25, 0.3) is 0 Å². The number of carboxylic acids is 1. The maximum Gasteiger partial charge on any atom is 0.315 e. The summed E-state index contributed by atoms with van der Waals surface area (Å²) in [5.74, 6) is -1.13. The van der Waals surface area contributed by atoms with Crippen LogP contribution in [0.5, 0.6) is 0 Å². The molecule has 0 unspecified atom stereocenters. The summed E-state index contributed by atoms with van der Waals surface area (Å²) in [5, 5.41) is 13.3. The molecular formula is C16H22N4O4. The second-order valence-corrected chi connectivity index (χ2v) is 5.46. The van der Waals surface area contributed by atoms with E-state index < -0.39 is 12.0 Å². The van der Waals surface area contributed by atoms with Gasteiger partial charge >= 0.3 is 12.0 Å². The van der Waals surface area contributed by atoms with Crippen LogP contribution in [-0.2, 0) is 9.59 Å². The Morgan fingerprint density at radius 2 is 1.67 bits per heavy atom. The Labute approximate surface area is 140 Å². The first kappa shape index (κ1) is 17.6. The number of nitrogens with one attached hydrogen (secondary N) is 2. The number of nitrogens with zero attached hydrogens (tertiary/aromatic N) is 2. The molecule has 1 fully saturated rings. The van der Waals surface area contributed by atoms with Gasteiger partial charge in [-0.15, -0.1) is 0 Å². The summed E-state index contributed by atoms with van der Waals surface area (Å²) in [4.78, 5) is 37.8. The van der Waals surface area contributed by atoms with Crippen LogP contribution in [0.4, 0.5) is 10.5 Å². The van der Waals surface area contributed by atoms with Crippen LogP contribution in [0.25, 0.3) is 0 Å². The molecule has 0 atom stereocenters. The smallest absolute Gasteiger partial charge is 0.315 e. The fourth-order valence-corrected chi connectivity index (χ4v) is 2.47. The number of aliphatic carboxylic acids is 1. The molecule has 0 radical (unpaired) electrons. The van der Waals surface area contributed by atoms with Gasteiger partial charge in [0, 0.05) is 38.4 Å². The van der Waals surface area contributed by atoms with E-state index in [0.717, 1.165) is 18.8 Å². The van der Waals surface area contributed by atoms with Crippen molar-refractivity contribution >= 4 is 23.6 Å². The summed E-state index contributed by atoms with van der Waals surface area (Å²) in [6.07, 6.45) is -0.150. The molecule has 1 aliphatic heterocycles. The highest BCUT2D eigenvalue weighted by Crippen LogP contribution is 2.15. The van der Waals surface area contributed by atoms with E-state index in [9.17, 15) is 14.4 Å². The fourth-order valence-electron chi connectivity index (χ4n) is 2.47. The van der Waals surface area contributed by atoms with Gasteiger partial charge in [-0.3, -0.25) is 9.59 Å². The zero-order chi connectivity index (χ0) is 17.4. The van der Waals surface area contributed by atoms with Gasteiger partial charge in [-0.25, -0.2) is 4.79 Å². The third kappa shape index (κ3) is 5.45.